The molecule has 0 fully saturated rings. The van der Waals surface area contributed by atoms with Crippen LogP contribution in [0.3, 0.4) is 0 Å². The quantitative estimate of drug-likeness (QED) is 0.509. The van der Waals surface area contributed by atoms with E-state index in [0.29, 0.717) is 0 Å². The van der Waals surface area contributed by atoms with Crippen LogP contribution in [0.2, 0.25) is 0 Å². The molecule has 58 valence electrons. The zero-order valence-corrected chi connectivity index (χ0v) is 6.05. The predicted octanol–water partition coefficient (Wildman–Crippen LogP) is -1.26. The number of primary amides is 1. The number of nitrogens with two attached hydrogens (primary N) is 1. The Bertz CT molecular complexity index is 144. The summed E-state index contributed by atoms with van der Waals surface area (Å²) in [5.74, 6) is -0.546. The predicted molar refractivity (Wildman–Crippen MR) is 36.3 cm³/mol. The molecular formula is C5H11N3O2. The average Bonchev–Trinajstić information content (AvgIpc) is 1.82. The van der Waals surface area contributed by atoms with E-state index >= 15 is 0 Å². The molecule has 5 heteroatoms. The van der Waals surface area contributed by atoms with Crippen molar-refractivity contribution in [1.82, 2.24) is 10.2 Å². The van der Waals surface area contributed by atoms with Crippen molar-refractivity contribution in [2.24, 2.45) is 5.73 Å². The first kappa shape index (κ1) is 8.74. The third-order valence-electron chi connectivity index (χ3n) is 0.820. The highest BCUT2D eigenvalue weighted by molar-refractivity contribution is 5.82. The number of amides is 3. The fourth-order valence-corrected chi connectivity index (χ4v) is 0.321. The lowest BCUT2D eigenvalue weighted by molar-refractivity contribution is -0.117. The number of hydrogen-bond donors (Lipinski definition) is 2. The molecule has 0 saturated heterocycles. The molecule has 0 aromatic carbocycles. The minimum Gasteiger partial charge on any atom is -0.368 e. The van der Waals surface area contributed by atoms with Gasteiger partial charge >= 0.3 is 6.03 Å². The van der Waals surface area contributed by atoms with Gasteiger partial charge in [-0.15, -0.1) is 0 Å². The van der Waals surface area contributed by atoms with Gasteiger partial charge in [-0.3, -0.25) is 4.79 Å². The van der Waals surface area contributed by atoms with Crippen LogP contribution in [-0.2, 0) is 4.79 Å². The Labute approximate surface area is 59.2 Å². The third-order valence-corrected chi connectivity index (χ3v) is 0.820. The van der Waals surface area contributed by atoms with Gasteiger partial charge in [0.05, 0.1) is 6.54 Å². The second-order valence-corrected chi connectivity index (χ2v) is 2.02. The van der Waals surface area contributed by atoms with E-state index in [9.17, 15) is 9.59 Å². The van der Waals surface area contributed by atoms with Gasteiger partial charge in [0.2, 0.25) is 5.91 Å². The molecule has 0 radical (unpaired) electrons. The minimum absolute atomic E-state index is 0.114. The van der Waals surface area contributed by atoms with Gasteiger partial charge in [-0.1, -0.05) is 0 Å². The Hall–Kier alpha value is -1.26. The molecule has 3 N–H and O–H groups in total. The summed E-state index contributed by atoms with van der Waals surface area (Å²) in [6.45, 7) is -0.114. The van der Waals surface area contributed by atoms with Gasteiger partial charge in [0.15, 0.2) is 0 Å². The van der Waals surface area contributed by atoms with Crippen molar-refractivity contribution in [3.05, 3.63) is 0 Å². The van der Waals surface area contributed by atoms with Gasteiger partial charge in [0, 0.05) is 14.1 Å². The van der Waals surface area contributed by atoms with Crippen LogP contribution in [-0.4, -0.2) is 37.5 Å². The second kappa shape index (κ2) is 3.71. The van der Waals surface area contributed by atoms with E-state index < -0.39 is 5.91 Å². The van der Waals surface area contributed by atoms with Gasteiger partial charge in [-0.2, -0.15) is 0 Å². The van der Waals surface area contributed by atoms with Crippen molar-refractivity contribution in [2.75, 3.05) is 20.6 Å². The van der Waals surface area contributed by atoms with Crippen molar-refractivity contribution in [1.29, 1.82) is 0 Å². The Kier molecular flexibility index (Phi) is 3.24. The molecule has 0 unspecified atom stereocenters. The van der Waals surface area contributed by atoms with Crippen LogP contribution in [0.15, 0.2) is 0 Å². The van der Waals surface area contributed by atoms with Gasteiger partial charge in [-0.05, 0) is 0 Å². The van der Waals surface area contributed by atoms with Gasteiger partial charge < -0.3 is 16.0 Å². The van der Waals surface area contributed by atoms with E-state index in [1.54, 1.807) is 14.1 Å². The molecule has 0 aliphatic heterocycles. The summed E-state index contributed by atoms with van der Waals surface area (Å²) >= 11 is 0. The highest BCUT2D eigenvalue weighted by Gasteiger charge is 2.02. The lowest BCUT2D eigenvalue weighted by Crippen LogP contribution is -2.39. The summed E-state index contributed by atoms with van der Waals surface area (Å²) in [5, 5.41) is 2.29. The minimum atomic E-state index is -0.546. The molecule has 0 rings (SSSR count). The fraction of sp³-hybridized carbons (Fsp3) is 0.600. The maximum absolute atomic E-state index is 10.7. The monoisotopic (exact) mass is 145 g/mol. The summed E-state index contributed by atoms with van der Waals surface area (Å²) < 4.78 is 0. The van der Waals surface area contributed by atoms with E-state index in [0.717, 1.165) is 0 Å². The van der Waals surface area contributed by atoms with Crippen LogP contribution in [0, 0.1) is 0 Å². The van der Waals surface area contributed by atoms with E-state index in [-0.39, 0.29) is 12.6 Å². The summed E-state index contributed by atoms with van der Waals surface area (Å²) in [7, 11) is 3.16. The number of carbonyl (C=O) groups is 2. The van der Waals surface area contributed by atoms with Crippen LogP contribution in [0.25, 0.3) is 0 Å². The van der Waals surface area contributed by atoms with Crippen molar-refractivity contribution >= 4 is 11.9 Å². The van der Waals surface area contributed by atoms with E-state index in [1.165, 1.54) is 4.90 Å². The maximum Gasteiger partial charge on any atom is 0.317 e. The molecule has 0 aromatic heterocycles. The zero-order valence-electron chi connectivity index (χ0n) is 6.05. The molecule has 0 aliphatic rings. The van der Waals surface area contributed by atoms with Crippen LogP contribution >= 0.6 is 0 Å². The summed E-state index contributed by atoms with van der Waals surface area (Å²) in [6, 6.07) is -0.321. The number of rotatable bonds is 2. The standard InChI is InChI=1S/C5H11N3O2/c1-8(2)5(10)7-3-4(6)9/h3H2,1-2H3,(H2,6,9)(H,7,10). The fourth-order valence-electron chi connectivity index (χ4n) is 0.321. The number of carbonyl (C=O) groups excluding carboxylic acids is 2. The van der Waals surface area contributed by atoms with E-state index in [2.05, 4.69) is 5.32 Å². The summed E-state index contributed by atoms with van der Waals surface area (Å²) in [6.07, 6.45) is 0. The first-order valence-electron chi connectivity index (χ1n) is 2.77. The normalized spacial score (nSPS) is 8.60. The summed E-state index contributed by atoms with van der Waals surface area (Å²) in [5.41, 5.74) is 4.77. The van der Waals surface area contributed by atoms with E-state index in [4.69, 9.17) is 5.73 Å². The highest BCUT2D eigenvalue weighted by atomic mass is 16.2. The average molecular weight is 145 g/mol. The maximum atomic E-state index is 10.7. The first-order chi connectivity index (χ1) is 4.54. The van der Waals surface area contributed by atoms with E-state index in [1.807, 2.05) is 0 Å². The van der Waals surface area contributed by atoms with Crippen LogP contribution in [0.4, 0.5) is 4.79 Å². The SMILES string of the molecule is CN(C)C(=O)NCC(N)=O. The molecule has 0 aliphatic carbocycles. The Morgan fingerprint density at radius 2 is 2.00 bits per heavy atom. The lowest BCUT2D eigenvalue weighted by atomic mass is 10.6. The number of nitrogens with one attached hydrogen (secondary N) is 1. The molecule has 0 atom stereocenters. The van der Waals surface area contributed by atoms with Crippen molar-refractivity contribution in [3.63, 3.8) is 0 Å². The highest BCUT2D eigenvalue weighted by Crippen LogP contribution is 1.73. The topological polar surface area (TPSA) is 75.4 Å². The second-order valence-electron chi connectivity index (χ2n) is 2.02. The van der Waals surface area contributed by atoms with Gasteiger partial charge in [0.25, 0.3) is 0 Å². The van der Waals surface area contributed by atoms with Crippen molar-refractivity contribution in [2.45, 2.75) is 0 Å². The van der Waals surface area contributed by atoms with Crippen LogP contribution in [0.1, 0.15) is 0 Å². The van der Waals surface area contributed by atoms with Crippen LogP contribution < -0.4 is 11.1 Å². The Morgan fingerprint density at radius 1 is 1.50 bits per heavy atom. The molecule has 0 heterocycles. The van der Waals surface area contributed by atoms with Gasteiger partial charge in [-0.25, -0.2) is 4.79 Å². The molecule has 0 spiro atoms. The number of nitrogens with zero attached hydrogens (tertiary/aromatic N) is 1. The molecule has 0 bridgehead atoms. The van der Waals surface area contributed by atoms with Crippen molar-refractivity contribution in [3.8, 4) is 0 Å². The summed E-state index contributed by atoms with van der Waals surface area (Å²) in [4.78, 5) is 22.1. The zero-order chi connectivity index (χ0) is 8.15. The number of hydrogen-bond acceptors (Lipinski definition) is 2. The first-order valence-corrected chi connectivity index (χ1v) is 2.77. The largest absolute Gasteiger partial charge is 0.368 e. The third kappa shape index (κ3) is 3.71. The smallest absolute Gasteiger partial charge is 0.317 e. The number of urea groups is 1. The van der Waals surface area contributed by atoms with Gasteiger partial charge in [0.1, 0.15) is 0 Å². The molecule has 3 amide bonds. The van der Waals surface area contributed by atoms with Crippen LogP contribution in [0.5, 0.6) is 0 Å². The molecular weight excluding hydrogens is 134 g/mol. The Morgan fingerprint density at radius 3 is 2.30 bits per heavy atom. The van der Waals surface area contributed by atoms with Crippen molar-refractivity contribution < 1.29 is 9.59 Å². The Balaban J connectivity index is 3.50. The molecule has 0 aromatic rings. The lowest BCUT2D eigenvalue weighted by Gasteiger charge is -2.09. The molecule has 0 saturated carbocycles. The molecule has 10 heavy (non-hydrogen) atoms. The molecule has 5 nitrogen and oxygen atoms in total.